The second kappa shape index (κ2) is 6.03. The first kappa shape index (κ1) is 17.4. The van der Waals surface area contributed by atoms with Crippen LogP contribution in [0, 0.1) is 5.92 Å². The summed E-state index contributed by atoms with van der Waals surface area (Å²) >= 11 is 0. The molecule has 1 aliphatic heterocycles. The molecule has 9 heteroatoms. The molecule has 0 radical (unpaired) electrons. The van der Waals surface area contributed by atoms with Gasteiger partial charge in [0.15, 0.2) is 0 Å². The molecular formula is C17H23B3N4O2. The highest BCUT2D eigenvalue weighted by Crippen LogP contribution is 2.33. The van der Waals surface area contributed by atoms with E-state index in [9.17, 15) is 10.2 Å². The third-order valence-electron chi connectivity index (χ3n) is 6.02. The van der Waals surface area contributed by atoms with Crippen molar-refractivity contribution in [3.05, 3.63) is 36.5 Å². The van der Waals surface area contributed by atoms with Crippen molar-refractivity contribution in [1.29, 1.82) is 0 Å². The first-order valence-corrected chi connectivity index (χ1v) is 9.21. The van der Waals surface area contributed by atoms with Crippen LogP contribution in [-0.2, 0) is 0 Å². The van der Waals surface area contributed by atoms with E-state index in [4.69, 9.17) is 4.98 Å². The maximum atomic E-state index is 10.8. The summed E-state index contributed by atoms with van der Waals surface area (Å²) in [6.07, 6.45) is 3.66. The van der Waals surface area contributed by atoms with Gasteiger partial charge in [-0.2, -0.15) is 4.98 Å². The van der Waals surface area contributed by atoms with Crippen LogP contribution in [0.4, 0.5) is 5.82 Å². The molecule has 6 nitrogen and oxygen atoms in total. The standard InChI is InChI=1S/C17H23B3N4O2/c18-16(25,17(19,20)26)11-5-8-23(9-6-11)14-7-10-24-13-4-2-1-3-12(13)21-15(24)22-14/h1-4,7,10-11,25-26H,5-6,8-9,18-20H2. The summed E-state index contributed by atoms with van der Waals surface area (Å²) in [7, 11) is 5.10. The van der Waals surface area contributed by atoms with Crippen molar-refractivity contribution in [2.24, 2.45) is 5.92 Å². The summed E-state index contributed by atoms with van der Waals surface area (Å²) in [6.45, 7) is 1.61. The van der Waals surface area contributed by atoms with Gasteiger partial charge in [0, 0.05) is 30.2 Å². The van der Waals surface area contributed by atoms with Gasteiger partial charge in [0.1, 0.15) is 29.4 Å². The SMILES string of the molecule is BC(B)(O)C(B)(O)C1CCN(c2ccn3c(n2)nc2ccccc23)CC1. The molecule has 1 aromatic carbocycles. The van der Waals surface area contributed by atoms with Crippen LogP contribution in [0.25, 0.3) is 16.8 Å². The van der Waals surface area contributed by atoms with Gasteiger partial charge in [0.05, 0.1) is 11.0 Å². The molecule has 132 valence electrons. The molecule has 26 heavy (non-hydrogen) atoms. The van der Waals surface area contributed by atoms with Gasteiger partial charge < -0.3 is 15.1 Å². The van der Waals surface area contributed by atoms with E-state index in [0.717, 1.165) is 42.8 Å². The number of aliphatic hydroxyl groups is 2. The molecule has 0 aliphatic carbocycles. The molecule has 4 rings (SSSR count). The fraction of sp³-hybridized carbons (Fsp3) is 0.412. The van der Waals surface area contributed by atoms with Gasteiger partial charge in [0.25, 0.3) is 0 Å². The number of imidazole rings is 1. The Hall–Kier alpha value is -1.99. The number of anilines is 1. The molecule has 1 aliphatic rings. The highest BCUT2D eigenvalue weighted by molar-refractivity contribution is 6.43. The smallest absolute Gasteiger partial charge is 0.236 e. The fourth-order valence-electron chi connectivity index (χ4n) is 3.88. The number of hydrogen-bond donors (Lipinski definition) is 2. The summed E-state index contributed by atoms with van der Waals surface area (Å²) in [4.78, 5) is 11.6. The predicted molar refractivity (Wildman–Crippen MR) is 111 cm³/mol. The maximum Gasteiger partial charge on any atom is 0.236 e. The second-order valence-corrected chi connectivity index (χ2v) is 8.02. The molecular weight excluding hydrogens is 325 g/mol. The average Bonchev–Trinajstić information content (AvgIpc) is 2.98. The van der Waals surface area contributed by atoms with Crippen LogP contribution >= 0.6 is 0 Å². The van der Waals surface area contributed by atoms with E-state index < -0.39 is 10.9 Å². The van der Waals surface area contributed by atoms with E-state index in [1.807, 2.05) is 40.9 Å². The number of hydrogen-bond acceptors (Lipinski definition) is 5. The van der Waals surface area contributed by atoms with Crippen molar-refractivity contribution in [3.8, 4) is 0 Å². The van der Waals surface area contributed by atoms with Crippen LogP contribution < -0.4 is 4.90 Å². The monoisotopic (exact) mass is 348 g/mol. The van der Waals surface area contributed by atoms with Crippen LogP contribution in [0.2, 0.25) is 0 Å². The molecule has 3 heterocycles. The molecule has 0 saturated carbocycles. The van der Waals surface area contributed by atoms with Crippen molar-refractivity contribution in [2.45, 2.75) is 23.7 Å². The van der Waals surface area contributed by atoms with Crippen LogP contribution in [0.3, 0.4) is 0 Å². The predicted octanol–water partition coefficient (Wildman–Crippen LogP) is -1.67. The van der Waals surface area contributed by atoms with Gasteiger partial charge in [-0.25, -0.2) is 4.98 Å². The van der Waals surface area contributed by atoms with Gasteiger partial charge in [-0.05, 0) is 37.0 Å². The summed E-state index contributed by atoms with van der Waals surface area (Å²) in [5.74, 6) is 1.68. The summed E-state index contributed by atoms with van der Waals surface area (Å²) < 4.78 is 2.00. The lowest BCUT2D eigenvalue weighted by Gasteiger charge is -2.46. The first-order chi connectivity index (χ1) is 12.3. The molecule has 1 fully saturated rings. The van der Waals surface area contributed by atoms with Crippen LogP contribution in [-0.4, -0.2) is 72.1 Å². The molecule has 2 N–H and O–H groups in total. The van der Waals surface area contributed by atoms with Crippen LogP contribution in [0.5, 0.6) is 0 Å². The van der Waals surface area contributed by atoms with Crippen LogP contribution in [0.15, 0.2) is 36.5 Å². The zero-order chi connectivity index (χ0) is 18.5. The zero-order valence-corrected chi connectivity index (χ0v) is 15.6. The van der Waals surface area contributed by atoms with E-state index in [2.05, 4.69) is 9.88 Å². The first-order valence-electron chi connectivity index (χ1n) is 9.21. The van der Waals surface area contributed by atoms with E-state index in [0.29, 0.717) is 5.78 Å². The number of fused-ring (bicyclic) bond motifs is 3. The fourth-order valence-corrected chi connectivity index (χ4v) is 3.88. The minimum Gasteiger partial charge on any atom is -0.406 e. The number of benzene rings is 1. The Morgan fingerprint density at radius 1 is 1.00 bits per heavy atom. The molecule has 2 aromatic heterocycles. The Labute approximate surface area is 155 Å². The van der Waals surface area contributed by atoms with E-state index in [1.165, 1.54) is 0 Å². The molecule has 0 amide bonds. The van der Waals surface area contributed by atoms with Gasteiger partial charge in [-0.1, -0.05) is 12.1 Å². The quantitative estimate of drug-likeness (QED) is 0.554. The third-order valence-corrected chi connectivity index (χ3v) is 6.02. The molecule has 0 spiro atoms. The number of para-hydroxylation sites is 2. The summed E-state index contributed by atoms with van der Waals surface area (Å²) in [6, 6.07) is 10.0. The van der Waals surface area contributed by atoms with Gasteiger partial charge in [-0.15, -0.1) is 0 Å². The molecule has 1 atom stereocenters. The third kappa shape index (κ3) is 2.79. The number of aromatic nitrogens is 3. The summed E-state index contributed by atoms with van der Waals surface area (Å²) in [5.41, 5.74) is 0.899. The normalized spacial score (nSPS) is 19.1. The van der Waals surface area contributed by atoms with Crippen molar-refractivity contribution >= 4 is 46.2 Å². The largest absolute Gasteiger partial charge is 0.406 e. The van der Waals surface area contributed by atoms with Crippen molar-refractivity contribution < 1.29 is 10.2 Å². The minimum absolute atomic E-state index is 0.0662. The lowest BCUT2D eigenvalue weighted by molar-refractivity contribution is -0.0427. The molecule has 1 saturated heterocycles. The second-order valence-electron chi connectivity index (χ2n) is 8.02. The van der Waals surface area contributed by atoms with Gasteiger partial charge >= 0.3 is 0 Å². The Morgan fingerprint density at radius 3 is 2.38 bits per heavy atom. The van der Waals surface area contributed by atoms with Crippen LogP contribution in [0.1, 0.15) is 12.8 Å². The molecule has 0 bridgehead atoms. The number of rotatable bonds is 3. The van der Waals surface area contributed by atoms with E-state index >= 15 is 0 Å². The van der Waals surface area contributed by atoms with Crippen molar-refractivity contribution in [3.63, 3.8) is 0 Å². The number of piperidine rings is 1. The van der Waals surface area contributed by atoms with Crippen molar-refractivity contribution in [1.82, 2.24) is 14.4 Å². The Kier molecular flexibility index (Phi) is 4.04. The van der Waals surface area contributed by atoms with E-state index in [-0.39, 0.29) is 5.92 Å². The van der Waals surface area contributed by atoms with Gasteiger partial charge in [0.2, 0.25) is 5.78 Å². The zero-order valence-electron chi connectivity index (χ0n) is 15.6. The lowest BCUT2D eigenvalue weighted by Crippen LogP contribution is -2.62. The Morgan fingerprint density at radius 2 is 1.69 bits per heavy atom. The maximum absolute atomic E-state index is 10.8. The number of nitrogens with zero attached hydrogens (tertiary/aromatic N) is 4. The Balaban J connectivity index is 1.55. The molecule has 1 unspecified atom stereocenters. The van der Waals surface area contributed by atoms with E-state index in [1.54, 1.807) is 23.5 Å². The van der Waals surface area contributed by atoms with Crippen molar-refractivity contribution in [2.75, 3.05) is 18.0 Å². The highest BCUT2D eigenvalue weighted by Gasteiger charge is 2.44. The highest BCUT2D eigenvalue weighted by atomic mass is 16.3. The molecule has 3 aromatic rings. The van der Waals surface area contributed by atoms with Gasteiger partial charge in [-0.3, -0.25) is 4.40 Å². The topological polar surface area (TPSA) is 73.9 Å². The lowest BCUT2D eigenvalue weighted by atomic mass is 9.45. The summed E-state index contributed by atoms with van der Waals surface area (Å²) in [5, 5.41) is 19.9. The minimum atomic E-state index is -1.12. The Bertz CT molecular complexity index is 946. The average molecular weight is 348 g/mol.